The molecule has 31 heavy (non-hydrogen) atoms. The molecule has 0 saturated heterocycles. The van der Waals surface area contributed by atoms with Gasteiger partial charge in [0.2, 0.25) is 5.91 Å². The first-order chi connectivity index (χ1) is 14.7. The van der Waals surface area contributed by atoms with Crippen molar-refractivity contribution in [3.05, 3.63) is 71.8 Å². The van der Waals surface area contributed by atoms with Crippen molar-refractivity contribution in [3.63, 3.8) is 0 Å². The van der Waals surface area contributed by atoms with Crippen molar-refractivity contribution < 1.29 is 23.9 Å². The van der Waals surface area contributed by atoms with Crippen LogP contribution < -0.4 is 10.6 Å². The van der Waals surface area contributed by atoms with Gasteiger partial charge in [0.1, 0.15) is 18.2 Å². The second-order valence-electron chi connectivity index (χ2n) is 8.08. The third-order valence-corrected chi connectivity index (χ3v) is 4.18. The van der Waals surface area contributed by atoms with E-state index in [-0.39, 0.29) is 13.0 Å². The number of alkyl carbamates (subject to hydrolysis) is 1. The lowest BCUT2D eigenvalue weighted by Gasteiger charge is -2.23. The summed E-state index contributed by atoms with van der Waals surface area (Å²) in [7, 11) is 0. The van der Waals surface area contributed by atoms with Crippen LogP contribution in [0.5, 0.6) is 0 Å². The van der Waals surface area contributed by atoms with Crippen LogP contribution in [0.2, 0.25) is 0 Å². The van der Waals surface area contributed by atoms with E-state index in [0.29, 0.717) is 13.0 Å². The summed E-state index contributed by atoms with van der Waals surface area (Å²) in [5, 5.41) is 5.24. The average molecular weight is 427 g/mol. The summed E-state index contributed by atoms with van der Waals surface area (Å²) in [5.41, 5.74) is 1.17. The zero-order valence-electron chi connectivity index (χ0n) is 18.2. The zero-order valence-corrected chi connectivity index (χ0v) is 18.2. The van der Waals surface area contributed by atoms with E-state index in [0.717, 1.165) is 11.1 Å². The molecule has 2 aromatic carbocycles. The first-order valence-electron chi connectivity index (χ1n) is 10.2. The normalized spacial score (nSPS) is 11.8. The Morgan fingerprint density at radius 2 is 1.48 bits per heavy atom. The van der Waals surface area contributed by atoms with Gasteiger partial charge in [-0.15, -0.1) is 0 Å². The topological polar surface area (TPSA) is 93.7 Å². The van der Waals surface area contributed by atoms with Gasteiger partial charge in [0.25, 0.3) is 0 Å². The van der Waals surface area contributed by atoms with E-state index in [2.05, 4.69) is 10.6 Å². The summed E-state index contributed by atoms with van der Waals surface area (Å²) in [4.78, 5) is 37.1. The highest BCUT2D eigenvalue weighted by Crippen LogP contribution is 2.08. The quantitative estimate of drug-likeness (QED) is 0.600. The van der Waals surface area contributed by atoms with Crippen molar-refractivity contribution in [2.75, 3.05) is 6.54 Å². The second kappa shape index (κ2) is 11.7. The Kier molecular flexibility index (Phi) is 9.06. The summed E-state index contributed by atoms with van der Waals surface area (Å²) >= 11 is 0. The molecule has 0 bridgehead atoms. The third kappa shape index (κ3) is 9.80. The molecule has 0 spiro atoms. The Morgan fingerprint density at radius 1 is 0.903 bits per heavy atom. The number of esters is 1. The van der Waals surface area contributed by atoms with Gasteiger partial charge in [-0.3, -0.25) is 9.59 Å². The van der Waals surface area contributed by atoms with Gasteiger partial charge < -0.3 is 20.1 Å². The van der Waals surface area contributed by atoms with Gasteiger partial charge >= 0.3 is 12.1 Å². The number of amides is 2. The highest BCUT2D eigenvalue weighted by molar-refractivity contribution is 5.89. The van der Waals surface area contributed by atoms with Crippen molar-refractivity contribution >= 4 is 18.0 Å². The molecular formula is C24H30N2O5. The van der Waals surface area contributed by atoms with Crippen LogP contribution in [0.4, 0.5) is 4.79 Å². The predicted octanol–water partition coefficient (Wildman–Crippen LogP) is 3.37. The lowest BCUT2D eigenvalue weighted by atomic mass is 10.1. The SMILES string of the molecule is CC(C)(C)OC(=O)N[C@@H](CC(=O)OCc1ccccc1)C(=O)NCCc1ccccc1. The zero-order chi connectivity index (χ0) is 22.7. The van der Waals surface area contributed by atoms with E-state index < -0.39 is 29.6 Å². The molecule has 0 aromatic heterocycles. The van der Waals surface area contributed by atoms with E-state index in [1.54, 1.807) is 20.8 Å². The minimum atomic E-state index is -1.10. The number of hydrogen-bond acceptors (Lipinski definition) is 5. The van der Waals surface area contributed by atoms with Gasteiger partial charge in [0, 0.05) is 6.54 Å². The molecular weight excluding hydrogens is 396 g/mol. The summed E-state index contributed by atoms with van der Waals surface area (Å²) in [6, 6.07) is 17.8. The first-order valence-corrected chi connectivity index (χ1v) is 10.2. The molecule has 0 heterocycles. The number of hydrogen-bond donors (Lipinski definition) is 2. The Hall–Kier alpha value is -3.35. The fraction of sp³-hybridized carbons (Fsp3) is 0.375. The van der Waals surface area contributed by atoms with Crippen LogP contribution >= 0.6 is 0 Å². The smallest absolute Gasteiger partial charge is 0.408 e. The number of carbonyl (C=O) groups is 3. The van der Waals surface area contributed by atoms with E-state index in [9.17, 15) is 14.4 Å². The molecule has 7 nitrogen and oxygen atoms in total. The van der Waals surface area contributed by atoms with Crippen molar-refractivity contribution in [2.45, 2.75) is 51.9 Å². The molecule has 7 heteroatoms. The Morgan fingerprint density at radius 3 is 2.06 bits per heavy atom. The van der Waals surface area contributed by atoms with Crippen LogP contribution in [-0.4, -0.2) is 36.2 Å². The molecule has 0 radical (unpaired) electrons. The van der Waals surface area contributed by atoms with E-state index in [1.165, 1.54) is 0 Å². The highest BCUT2D eigenvalue weighted by atomic mass is 16.6. The maximum Gasteiger partial charge on any atom is 0.408 e. The fourth-order valence-corrected chi connectivity index (χ4v) is 2.72. The van der Waals surface area contributed by atoms with E-state index >= 15 is 0 Å². The van der Waals surface area contributed by atoms with Crippen LogP contribution in [-0.2, 0) is 32.1 Å². The van der Waals surface area contributed by atoms with E-state index in [1.807, 2.05) is 60.7 Å². The van der Waals surface area contributed by atoms with Crippen LogP contribution in [0.25, 0.3) is 0 Å². The van der Waals surface area contributed by atoms with Crippen LogP contribution in [0, 0.1) is 0 Å². The molecule has 166 valence electrons. The first kappa shape index (κ1) is 23.9. The third-order valence-electron chi connectivity index (χ3n) is 4.18. The minimum Gasteiger partial charge on any atom is -0.461 e. The maximum atomic E-state index is 12.7. The molecule has 2 rings (SSSR count). The number of rotatable bonds is 9. The number of nitrogens with one attached hydrogen (secondary N) is 2. The fourth-order valence-electron chi connectivity index (χ4n) is 2.72. The molecule has 2 N–H and O–H groups in total. The number of ether oxygens (including phenoxy) is 2. The summed E-state index contributed by atoms with van der Waals surface area (Å²) in [6.07, 6.45) is -0.445. The van der Waals surface area contributed by atoms with Gasteiger partial charge in [-0.1, -0.05) is 60.7 Å². The van der Waals surface area contributed by atoms with Gasteiger partial charge in [-0.05, 0) is 38.3 Å². The van der Waals surface area contributed by atoms with Crippen LogP contribution in [0.1, 0.15) is 38.3 Å². The highest BCUT2D eigenvalue weighted by Gasteiger charge is 2.27. The monoisotopic (exact) mass is 426 g/mol. The van der Waals surface area contributed by atoms with Crippen molar-refractivity contribution in [3.8, 4) is 0 Å². The molecule has 0 saturated carbocycles. The van der Waals surface area contributed by atoms with Crippen LogP contribution in [0.3, 0.4) is 0 Å². The molecule has 1 atom stereocenters. The van der Waals surface area contributed by atoms with Crippen molar-refractivity contribution in [1.29, 1.82) is 0 Å². The van der Waals surface area contributed by atoms with Gasteiger partial charge in [-0.25, -0.2) is 4.79 Å². The molecule has 2 aromatic rings. The molecule has 0 aliphatic rings. The number of benzene rings is 2. The molecule has 2 amide bonds. The lowest BCUT2D eigenvalue weighted by molar-refractivity contribution is -0.147. The molecule has 0 fully saturated rings. The predicted molar refractivity (Wildman–Crippen MR) is 117 cm³/mol. The van der Waals surface area contributed by atoms with E-state index in [4.69, 9.17) is 9.47 Å². The van der Waals surface area contributed by atoms with Gasteiger partial charge in [0.05, 0.1) is 6.42 Å². The number of carbonyl (C=O) groups excluding carboxylic acids is 3. The Balaban J connectivity index is 1.92. The van der Waals surface area contributed by atoms with Gasteiger partial charge in [0.15, 0.2) is 0 Å². The van der Waals surface area contributed by atoms with Crippen molar-refractivity contribution in [1.82, 2.24) is 10.6 Å². The minimum absolute atomic E-state index is 0.0917. The Bertz CT molecular complexity index is 847. The van der Waals surface area contributed by atoms with Crippen LogP contribution in [0.15, 0.2) is 60.7 Å². The maximum absolute atomic E-state index is 12.7. The van der Waals surface area contributed by atoms with Gasteiger partial charge in [-0.2, -0.15) is 0 Å². The average Bonchev–Trinajstić information content (AvgIpc) is 2.72. The summed E-state index contributed by atoms with van der Waals surface area (Å²) < 4.78 is 10.5. The largest absolute Gasteiger partial charge is 0.461 e. The lowest BCUT2D eigenvalue weighted by Crippen LogP contribution is -2.49. The molecule has 0 unspecified atom stereocenters. The summed E-state index contributed by atoms with van der Waals surface area (Å²) in [5.74, 6) is -1.07. The summed E-state index contributed by atoms with van der Waals surface area (Å²) in [6.45, 7) is 5.61. The standard InChI is InChI=1S/C24H30N2O5/c1-24(2,3)31-23(29)26-20(16-21(27)30-17-19-12-8-5-9-13-19)22(28)25-15-14-18-10-6-4-7-11-18/h4-13,20H,14-17H2,1-3H3,(H,25,28)(H,26,29)/t20-/m0/s1. The molecule has 0 aliphatic heterocycles. The van der Waals surface area contributed by atoms with Crippen molar-refractivity contribution in [2.24, 2.45) is 0 Å². The Labute approximate surface area is 183 Å². The molecule has 0 aliphatic carbocycles. The second-order valence-corrected chi connectivity index (χ2v) is 8.08.